The molecule has 0 aromatic carbocycles. The van der Waals surface area contributed by atoms with Crippen molar-refractivity contribution in [2.75, 3.05) is 13.6 Å². The van der Waals surface area contributed by atoms with Crippen molar-refractivity contribution in [1.29, 1.82) is 0 Å². The number of hydrogen-bond acceptors (Lipinski definition) is 4. The maximum atomic E-state index is 9.84. The summed E-state index contributed by atoms with van der Waals surface area (Å²) < 4.78 is 0. The van der Waals surface area contributed by atoms with Crippen LogP contribution < -0.4 is 5.73 Å². The minimum Gasteiger partial charge on any atom is -0.389 e. The molecule has 1 aromatic heterocycles. The van der Waals surface area contributed by atoms with Gasteiger partial charge in [-0.2, -0.15) is 0 Å². The summed E-state index contributed by atoms with van der Waals surface area (Å²) in [7, 11) is 2.01. The van der Waals surface area contributed by atoms with Crippen molar-refractivity contribution in [1.82, 2.24) is 4.90 Å². The Bertz CT molecular complexity index is 303. The average Bonchev–Trinajstić information content (AvgIpc) is 2.52. The largest absolute Gasteiger partial charge is 0.389 e. The van der Waals surface area contributed by atoms with Gasteiger partial charge in [-0.05, 0) is 39.3 Å². The van der Waals surface area contributed by atoms with Crippen LogP contribution in [0.25, 0.3) is 0 Å². The van der Waals surface area contributed by atoms with Crippen molar-refractivity contribution in [3.05, 3.63) is 22.4 Å². The first kappa shape index (κ1) is 13.6. The highest BCUT2D eigenvalue weighted by molar-refractivity contribution is 7.10. The van der Waals surface area contributed by atoms with Gasteiger partial charge in [-0.1, -0.05) is 6.07 Å². The highest BCUT2D eigenvalue weighted by Gasteiger charge is 2.26. The van der Waals surface area contributed by atoms with Gasteiger partial charge in [0.05, 0.1) is 11.6 Å². The lowest BCUT2D eigenvalue weighted by atomic mass is 10.0. The SMILES string of the molecule is CC(N)C(c1cccs1)N(C)CC(C)(C)O. The van der Waals surface area contributed by atoms with Crippen LogP contribution in [0.15, 0.2) is 17.5 Å². The summed E-state index contributed by atoms with van der Waals surface area (Å²) >= 11 is 1.71. The van der Waals surface area contributed by atoms with E-state index in [0.29, 0.717) is 6.54 Å². The molecule has 1 heterocycles. The van der Waals surface area contributed by atoms with Crippen LogP contribution in [0.5, 0.6) is 0 Å². The molecule has 3 N–H and O–H groups in total. The Balaban J connectivity index is 2.79. The van der Waals surface area contributed by atoms with E-state index < -0.39 is 5.60 Å². The second-order valence-electron chi connectivity index (χ2n) is 5.05. The van der Waals surface area contributed by atoms with Gasteiger partial charge in [-0.25, -0.2) is 0 Å². The smallest absolute Gasteiger partial charge is 0.0718 e. The van der Waals surface area contributed by atoms with E-state index in [-0.39, 0.29) is 12.1 Å². The molecule has 0 fully saturated rings. The second kappa shape index (κ2) is 5.27. The van der Waals surface area contributed by atoms with Gasteiger partial charge in [0.2, 0.25) is 0 Å². The number of rotatable bonds is 5. The number of likely N-dealkylation sites (N-methyl/N-ethyl adjacent to an activating group) is 1. The normalized spacial score (nSPS) is 16.4. The van der Waals surface area contributed by atoms with Crippen molar-refractivity contribution < 1.29 is 5.11 Å². The van der Waals surface area contributed by atoms with Gasteiger partial charge >= 0.3 is 0 Å². The predicted octanol–water partition coefficient (Wildman–Crippen LogP) is 1.84. The number of nitrogens with two attached hydrogens (primary N) is 1. The first-order valence-electron chi connectivity index (χ1n) is 5.53. The summed E-state index contributed by atoms with van der Waals surface area (Å²) in [5.74, 6) is 0. The molecule has 0 aliphatic rings. The van der Waals surface area contributed by atoms with Gasteiger partial charge in [0.1, 0.15) is 0 Å². The monoisotopic (exact) mass is 242 g/mol. The van der Waals surface area contributed by atoms with E-state index in [9.17, 15) is 5.11 Å². The van der Waals surface area contributed by atoms with Gasteiger partial charge in [0.15, 0.2) is 0 Å². The fourth-order valence-corrected chi connectivity index (χ4v) is 3.05. The number of hydrogen-bond donors (Lipinski definition) is 2. The Hall–Kier alpha value is -0.420. The lowest BCUT2D eigenvalue weighted by molar-refractivity contribution is 0.0283. The lowest BCUT2D eigenvalue weighted by Gasteiger charge is -2.34. The maximum absolute atomic E-state index is 9.84. The molecule has 0 bridgehead atoms. The molecular formula is C12H22N2OS. The van der Waals surface area contributed by atoms with Crippen molar-refractivity contribution in [2.24, 2.45) is 5.73 Å². The summed E-state index contributed by atoms with van der Waals surface area (Å²) in [6.07, 6.45) is 0. The fourth-order valence-electron chi connectivity index (χ4n) is 2.05. The van der Waals surface area contributed by atoms with E-state index in [1.54, 1.807) is 11.3 Å². The van der Waals surface area contributed by atoms with Crippen molar-refractivity contribution in [3.8, 4) is 0 Å². The van der Waals surface area contributed by atoms with Crippen LogP contribution >= 0.6 is 11.3 Å². The lowest BCUT2D eigenvalue weighted by Crippen LogP contribution is -2.43. The molecule has 0 amide bonds. The fraction of sp³-hybridized carbons (Fsp3) is 0.667. The minimum atomic E-state index is -0.695. The molecule has 0 spiro atoms. The van der Waals surface area contributed by atoms with Crippen LogP contribution in [0.2, 0.25) is 0 Å². The molecule has 2 atom stereocenters. The van der Waals surface area contributed by atoms with Gasteiger partial charge < -0.3 is 10.8 Å². The van der Waals surface area contributed by atoms with Crippen molar-refractivity contribution >= 4 is 11.3 Å². The summed E-state index contributed by atoms with van der Waals surface area (Å²) in [6, 6.07) is 4.35. The second-order valence-corrected chi connectivity index (χ2v) is 6.03. The van der Waals surface area contributed by atoms with E-state index in [0.717, 1.165) is 0 Å². The van der Waals surface area contributed by atoms with E-state index in [1.807, 2.05) is 33.9 Å². The third kappa shape index (κ3) is 3.87. The standard InChI is InChI=1S/C12H22N2OS/c1-9(13)11(10-6-5-7-16-10)14(4)8-12(2,3)15/h5-7,9,11,15H,8,13H2,1-4H3. The van der Waals surface area contributed by atoms with Crippen LogP contribution in [-0.4, -0.2) is 35.2 Å². The Morgan fingerprint density at radius 3 is 2.56 bits per heavy atom. The zero-order chi connectivity index (χ0) is 12.3. The molecule has 3 nitrogen and oxygen atoms in total. The predicted molar refractivity (Wildman–Crippen MR) is 69.6 cm³/mol. The van der Waals surface area contributed by atoms with Gasteiger partial charge in [0, 0.05) is 17.5 Å². The van der Waals surface area contributed by atoms with Gasteiger partial charge in [-0.3, -0.25) is 4.90 Å². The highest BCUT2D eigenvalue weighted by atomic mass is 32.1. The molecule has 0 aliphatic carbocycles. The van der Waals surface area contributed by atoms with Crippen LogP contribution in [0.3, 0.4) is 0 Å². The molecular weight excluding hydrogens is 220 g/mol. The molecule has 0 saturated carbocycles. The maximum Gasteiger partial charge on any atom is 0.0718 e. The first-order valence-corrected chi connectivity index (χ1v) is 6.41. The molecule has 1 aromatic rings. The summed E-state index contributed by atoms with van der Waals surface area (Å²) in [4.78, 5) is 3.37. The Kier molecular flexibility index (Phi) is 4.50. The summed E-state index contributed by atoms with van der Waals surface area (Å²) in [5, 5.41) is 11.9. The third-order valence-electron chi connectivity index (χ3n) is 2.44. The van der Waals surface area contributed by atoms with Crippen LogP contribution in [0.1, 0.15) is 31.7 Å². The number of aliphatic hydroxyl groups is 1. The van der Waals surface area contributed by atoms with Gasteiger partial charge in [0.25, 0.3) is 0 Å². The Morgan fingerprint density at radius 2 is 2.19 bits per heavy atom. The zero-order valence-corrected chi connectivity index (χ0v) is 11.3. The molecule has 1 rings (SSSR count). The average molecular weight is 242 g/mol. The number of nitrogens with zero attached hydrogens (tertiary/aromatic N) is 1. The van der Waals surface area contributed by atoms with Gasteiger partial charge in [-0.15, -0.1) is 11.3 Å². The van der Waals surface area contributed by atoms with E-state index in [2.05, 4.69) is 16.3 Å². The zero-order valence-electron chi connectivity index (χ0n) is 10.5. The summed E-state index contributed by atoms with van der Waals surface area (Å²) in [6.45, 7) is 6.24. The van der Waals surface area contributed by atoms with E-state index in [1.165, 1.54) is 4.88 Å². The molecule has 16 heavy (non-hydrogen) atoms. The Morgan fingerprint density at radius 1 is 1.56 bits per heavy atom. The molecule has 0 aliphatic heterocycles. The third-order valence-corrected chi connectivity index (χ3v) is 3.39. The quantitative estimate of drug-likeness (QED) is 0.828. The first-order chi connectivity index (χ1) is 7.31. The molecule has 0 saturated heterocycles. The van der Waals surface area contributed by atoms with Crippen LogP contribution in [0.4, 0.5) is 0 Å². The topological polar surface area (TPSA) is 49.5 Å². The molecule has 4 heteroatoms. The summed E-state index contributed by atoms with van der Waals surface area (Å²) in [5.41, 5.74) is 5.34. The van der Waals surface area contributed by atoms with E-state index >= 15 is 0 Å². The molecule has 2 unspecified atom stereocenters. The van der Waals surface area contributed by atoms with Crippen LogP contribution in [-0.2, 0) is 0 Å². The molecule has 0 radical (unpaired) electrons. The van der Waals surface area contributed by atoms with Crippen molar-refractivity contribution in [2.45, 2.75) is 38.5 Å². The molecule has 92 valence electrons. The Labute approximate surface area is 102 Å². The van der Waals surface area contributed by atoms with Crippen molar-refractivity contribution in [3.63, 3.8) is 0 Å². The number of thiophene rings is 1. The van der Waals surface area contributed by atoms with Crippen LogP contribution in [0, 0.1) is 0 Å². The highest BCUT2D eigenvalue weighted by Crippen LogP contribution is 2.27. The minimum absolute atomic E-state index is 0.0472. The van der Waals surface area contributed by atoms with E-state index in [4.69, 9.17) is 5.73 Å².